The standard InChI is InChI=1S/C17H18ClN3O2/c1-3-17(23)21-8-12(9-21)19-16(22)10-20-7-6-13-11(2)14(18)4-5-15(13)20/h3-7,12H,1,8-10H2,2H3,(H,19,22). The topological polar surface area (TPSA) is 54.3 Å². The number of hydrogen-bond donors (Lipinski definition) is 1. The van der Waals surface area contributed by atoms with Gasteiger partial charge >= 0.3 is 0 Å². The quantitative estimate of drug-likeness (QED) is 0.872. The Labute approximate surface area is 139 Å². The molecular weight excluding hydrogens is 314 g/mol. The highest BCUT2D eigenvalue weighted by Gasteiger charge is 2.30. The van der Waals surface area contributed by atoms with E-state index in [1.807, 2.05) is 35.9 Å². The van der Waals surface area contributed by atoms with Gasteiger partial charge < -0.3 is 14.8 Å². The first-order chi connectivity index (χ1) is 11.0. The van der Waals surface area contributed by atoms with Crippen LogP contribution in [0.15, 0.2) is 37.1 Å². The van der Waals surface area contributed by atoms with Crippen LogP contribution < -0.4 is 5.32 Å². The largest absolute Gasteiger partial charge is 0.348 e. The number of nitrogens with zero attached hydrogens (tertiary/aromatic N) is 2. The van der Waals surface area contributed by atoms with E-state index in [0.29, 0.717) is 13.1 Å². The summed E-state index contributed by atoms with van der Waals surface area (Å²) in [6.45, 7) is 6.74. The number of amides is 2. The fourth-order valence-corrected chi connectivity index (χ4v) is 3.00. The molecule has 1 aliphatic rings. The average molecular weight is 332 g/mol. The van der Waals surface area contributed by atoms with Crippen LogP contribution in [0.4, 0.5) is 0 Å². The van der Waals surface area contributed by atoms with Crippen LogP contribution in [0.2, 0.25) is 5.02 Å². The lowest BCUT2D eigenvalue weighted by molar-refractivity contribution is -0.133. The summed E-state index contributed by atoms with van der Waals surface area (Å²) in [7, 11) is 0. The molecule has 0 radical (unpaired) electrons. The fraction of sp³-hybridized carbons (Fsp3) is 0.294. The number of likely N-dealkylation sites (tertiary alicyclic amines) is 1. The van der Waals surface area contributed by atoms with Crippen molar-refractivity contribution in [2.75, 3.05) is 13.1 Å². The molecule has 0 spiro atoms. The lowest BCUT2D eigenvalue weighted by Crippen LogP contribution is -2.61. The molecule has 3 rings (SSSR count). The number of hydrogen-bond acceptors (Lipinski definition) is 2. The highest BCUT2D eigenvalue weighted by molar-refractivity contribution is 6.32. The number of halogens is 1. The molecule has 1 aliphatic heterocycles. The molecule has 1 aromatic carbocycles. The van der Waals surface area contributed by atoms with Crippen molar-refractivity contribution in [3.05, 3.63) is 47.6 Å². The summed E-state index contributed by atoms with van der Waals surface area (Å²) in [4.78, 5) is 25.2. The third-order valence-electron chi connectivity index (χ3n) is 4.20. The third-order valence-corrected chi connectivity index (χ3v) is 4.61. The number of aryl methyl sites for hydroxylation is 1. The van der Waals surface area contributed by atoms with Gasteiger partial charge in [-0.05, 0) is 36.8 Å². The van der Waals surface area contributed by atoms with E-state index < -0.39 is 0 Å². The molecule has 5 nitrogen and oxygen atoms in total. The molecule has 23 heavy (non-hydrogen) atoms. The first-order valence-corrected chi connectivity index (χ1v) is 7.82. The molecule has 1 saturated heterocycles. The first-order valence-electron chi connectivity index (χ1n) is 7.44. The van der Waals surface area contributed by atoms with Crippen LogP contribution in [0.3, 0.4) is 0 Å². The molecule has 2 aromatic rings. The Kier molecular flexibility index (Phi) is 4.13. The van der Waals surface area contributed by atoms with Gasteiger partial charge in [-0.25, -0.2) is 0 Å². The number of rotatable bonds is 4. The van der Waals surface area contributed by atoms with Gasteiger partial charge in [-0.3, -0.25) is 9.59 Å². The second-order valence-electron chi connectivity index (χ2n) is 5.76. The molecule has 1 aromatic heterocycles. The molecule has 120 valence electrons. The van der Waals surface area contributed by atoms with Gasteiger partial charge in [0.2, 0.25) is 11.8 Å². The van der Waals surface area contributed by atoms with Crippen molar-refractivity contribution in [2.45, 2.75) is 19.5 Å². The lowest BCUT2D eigenvalue weighted by Gasteiger charge is -2.38. The van der Waals surface area contributed by atoms with Crippen LogP contribution in [0.25, 0.3) is 10.9 Å². The van der Waals surface area contributed by atoms with Crippen molar-refractivity contribution in [1.29, 1.82) is 0 Å². The fourth-order valence-electron chi connectivity index (χ4n) is 2.84. The molecule has 0 unspecified atom stereocenters. The minimum absolute atomic E-state index is 0.0180. The average Bonchev–Trinajstić information content (AvgIpc) is 2.89. The summed E-state index contributed by atoms with van der Waals surface area (Å²) < 4.78 is 1.90. The molecule has 2 heterocycles. The van der Waals surface area contributed by atoms with Gasteiger partial charge in [0.25, 0.3) is 0 Å². The summed E-state index contributed by atoms with van der Waals surface area (Å²) in [5, 5.41) is 4.72. The number of fused-ring (bicyclic) bond motifs is 1. The van der Waals surface area contributed by atoms with Crippen molar-refractivity contribution in [3.8, 4) is 0 Å². The summed E-state index contributed by atoms with van der Waals surface area (Å²) in [5.74, 6) is -0.162. The highest BCUT2D eigenvalue weighted by atomic mass is 35.5. The van der Waals surface area contributed by atoms with Crippen LogP contribution in [-0.2, 0) is 16.1 Å². The second kappa shape index (κ2) is 6.08. The zero-order valence-electron chi connectivity index (χ0n) is 12.9. The third kappa shape index (κ3) is 2.97. The van der Waals surface area contributed by atoms with Crippen molar-refractivity contribution in [2.24, 2.45) is 0 Å². The van der Waals surface area contributed by atoms with Gasteiger partial charge in [0, 0.05) is 35.2 Å². The highest BCUT2D eigenvalue weighted by Crippen LogP contribution is 2.26. The maximum atomic E-state index is 12.2. The molecule has 0 saturated carbocycles. The summed E-state index contributed by atoms with van der Waals surface area (Å²) in [6, 6.07) is 5.76. The van der Waals surface area contributed by atoms with Crippen LogP contribution in [0, 0.1) is 6.92 Å². The maximum absolute atomic E-state index is 12.2. The first kappa shape index (κ1) is 15.6. The number of nitrogens with one attached hydrogen (secondary N) is 1. The van der Waals surface area contributed by atoms with Gasteiger partial charge in [-0.1, -0.05) is 18.2 Å². The smallest absolute Gasteiger partial charge is 0.246 e. The Bertz CT molecular complexity index is 790. The van der Waals surface area contributed by atoms with Gasteiger partial charge in [-0.15, -0.1) is 0 Å². The minimum Gasteiger partial charge on any atom is -0.348 e. The zero-order chi connectivity index (χ0) is 16.6. The summed E-state index contributed by atoms with van der Waals surface area (Å²) in [5.41, 5.74) is 2.00. The van der Waals surface area contributed by atoms with Crippen molar-refractivity contribution in [3.63, 3.8) is 0 Å². The minimum atomic E-state index is -0.0979. The summed E-state index contributed by atoms with van der Waals surface area (Å²) >= 11 is 6.12. The van der Waals surface area contributed by atoms with E-state index in [9.17, 15) is 9.59 Å². The SMILES string of the molecule is C=CC(=O)N1CC(NC(=O)Cn2ccc3c(C)c(Cl)ccc32)C1. The number of carbonyl (C=O) groups excluding carboxylic acids is 2. The van der Waals surface area contributed by atoms with E-state index >= 15 is 0 Å². The van der Waals surface area contributed by atoms with E-state index in [4.69, 9.17) is 11.6 Å². The maximum Gasteiger partial charge on any atom is 0.246 e. The molecule has 1 N–H and O–H groups in total. The number of carbonyl (C=O) groups is 2. The Morgan fingerprint density at radius 1 is 1.39 bits per heavy atom. The molecule has 0 aliphatic carbocycles. The predicted molar refractivity (Wildman–Crippen MR) is 90.4 cm³/mol. The van der Waals surface area contributed by atoms with E-state index in [0.717, 1.165) is 21.5 Å². The molecule has 2 amide bonds. The van der Waals surface area contributed by atoms with Crippen molar-refractivity contribution < 1.29 is 9.59 Å². The normalized spacial score (nSPS) is 14.6. The summed E-state index contributed by atoms with van der Waals surface area (Å²) in [6.07, 6.45) is 3.18. The Morgan fingerprint density at radius 2 is 2.13 bits per heavy atom. The van der Waals surface area contributed by atoms with Crippen LogP contribution in [0.1, 0.15) is 5.56 Å². The lowest BCUT2D eigenvalue weighted by atomic mass is 10.1. The van der Waals surface area contributed by atoms with E-state index in [-0.39, 0.29) is 24.4 Å². The predicted octanol–water partition coefficient (Wildman–Crippen LogP) is 2.12. The van der Waals surface area contributed by atoms with Crippen molar-refractivity contribution >= 4 is 34.3 Å². The zero-order valence-corrected chi connectivity index (χ0v) is 13.6. The molecule has 0 atom stereocenters. The molecule has 1 fully saturated rings. The molecular formula is C17H18ClN3O2. The number of benzene rings is 1. The van der Waals surface area contributed by atoms with E-state index in [1.165, 1.54) is 6.08 Å². The molecule has 6 heteroatoms. The van der Waals surface area contributed by atoms with Crippen molar-refractivity contribution in [1.82, 2.24) is 14.8 Å². The van der Waals surface area contributed by atoms with Crippen LogP contribution in [0.5, 0.6) is 0 Å². The van der Waals surface area contributed by atoms with Crippen LogP contribution in [-0.4, -0.2) is 40.4 Å². The monoisotopic (exact) mass is 331 g/mol. The van der Waals surface area contributed by atoms with Gasteiger partial charge in [0.05, 0.1) is 6.04 Å². The van der Waals surface area contributed by atoms with Crippen LogP contribution >= 0.6 is 11.6 Å². The second-order valence-corrected chi connectivity index (χ2v) is 6.17. The Balaban J connectivity index is 1.62. The van der Waals surface area contributed by atoms with Gasteiger partial charge in [-0.2, -0.15) is 0 Å². The number of aromatic nitrogens is 1. The van der Waals surface area contributed by atoms with Gasteiger partial charge in [0.1, 0.15) is 6.54 Å². The van der Waals surface area contributed by atoms with E-state index in [1.54, 1.807) is 4.90 Å². The van der Waals surface area contributed by atoms with Gasteiger partial charge in [0.15, 0.2) is 0 Å². The molecule has 0 bridgehead atoms. The Morgan fingerprint density at radius 3 is 2.83 bits per heavy atom. The van der Waals surface area contributed by atoms with E-state index in [2.05, 4.69) is 11.9 Å². The Hall–Kier alpha value is -2.27.